The quantitative estimate of drug-likeness (QED) is 0.480. The van der Waals surface area contributed by atoms with E-state index in [1.165, 1.54) is 20.2 Å². The van der Waals surface area contributed by atoms with E-state index in [4.69, 9.17) is 0 Å². The first-order valence-corrected chi connectivity index (χ1v) is 8.84. The number of aliphatic hydroxyl groups is 1. The molecule has 24 heavy (non-hydrogen) atoms. The van der Waals surface area contributed by atoms with Crippen LogP contribution in [0.2, 0.25) is 0 Å². The van der Waals surface area contributed by atoms with E-state index < -0.39 is 5.60 Å². The van der Waals surface area contributed by atoms with Gasteiger partial charge in [0.1, 0.15) is 0 Å². The molecule has 0 unspecified atom stereocenters. The standard InChI is InChI=1S/C21H19NOS/c1-21(2,23)17-8-4-5-9-18(17)22-14-11-12-20-16(13-14)15-7-3-6-10-19(15)24-20/h3-13,22-23H,1-2H3. The van der Waals surface area contributed by atoms with Crippen molar-refractivity contribution in [2.45, 2.75) is 19.4 Å². The number of hydrogen-bond acceptors (Lipinski definition) is 3. The van der Waals surface area contributed by atoms with Crippen LogP contribution in [0, 0.1) is 0 Å². The van der Waals surface area contributed by atoms with Crippen LogP contribution in [0.4, 0.5) is 11.4 Å². The van der Waals surface area contributed by atoms with Gasteiger partial charge in [0.2, 0.25) is 0 Å². The van der Waals surface area contributed by atoms with Crippen molar-refractivity contribution in [3.05, 3.63) is 72.3 Å². The number of para-hydroxylation sites is 1. The Bertz CT molecular complexity index is 1030. The maximum absolute atomic E-state index is 10.4. The van der Waals surface area contributed by atoms with Gasteiger partial charge in [-0.05, 0) is 44.2 Å². The minimum absolute atomic E-state index is 0.886. The summed E-state index contributed by atoms with van der Waals surface area (Å²) in [6, 6.07) is 22.8. The van der Waals surface area contributed by atoms with Gasteiger partial charge >= 0.3 is 0 Å². The summed E-state index contributed by atoms with van der Waals surface area (Å²) in [5.74, 6) is 0. The van der Waals surface area contributed by atoms with Gasteiger partial charge in [-0.2, -0.15) is 0 Å². The Labute approximate surface area is 145 Å². The third-order valence-electron chi connectivity index (χ3n) is 4.24. The summed E-state index contributed by atoms with van der Waals surface area (Å²) < 4.78 is 2.60. The van der Waals surface area contributed by atoms with Crippen LogP contribution in [0.3, 0.4) is 0 Å². The van der Waals surface area contributed by atoms with Gasteiger partial charge in [-0.25, -0.2) is 0 Å². The molecule has 0 aliphatic heterocycles. The molecule has 0 saturated carbocycles. The maximum Gasteiger partial charge on any atom is 0.0860 e. The summed E-state index contributed by atoms with van der Waals surface area (Å²) in [4.78, 5) is 0. The lowest BCUT2D eigenvalue weighted by atomic mass is 9.96. The topological polar surface area (TPSA) is 32.3 Å². The average molecular weight is 333 g/mol. The molecular weight excluding hydrogens is 314 g/mol. The van der Waals surface area contributed by atoms with Gasteiger partial charge in [0, 0.05) is 37.1 Å². The predicted molar refractivity (Wildman–Crippen MR) is 104 cm³/mol. The molecule has 4 aromatic rings. The molecule has 1 heterocycles. The summed E-state index contributed by atoms with van der Waals surface area (Å²) in [6.07, 6.45) is 0. The fourth-order valence-corrected chi connectivity index (χ4v) is 4.17. The molecule has 2 nitrogen and oxygen atoms in total. The van der Waals surface area contributed by atoms with E-state index in [-0.39, 0.29) is 0 Å². The first-order chi connectivity index (χ1) is 11.5. The van der Waals surface area contributed by atoms with E-state index in [9.17, 15) is 5.11 Å². The second-order valence-electron chi connectivity index (χ2n) is 6.54. The number of fused-ring (bicyclic) bond motifs is 3. The first kappa shape index (κ1) is 15.2. The van der Waals surface area contributed by atoms with Crippen molar-refractivity contribution in [2.75, 3.05) is 5.32 Å². The monoisotopic (exact) mass is 333 g/mol. The molecule has 4 rings (SSSR count). The van der Waals surface area contributed by atoms with Gasteiger partial charge < -0.3 is 10.4 Å². The molecular formula is C21H19NOS. The Morgan fingerprint density at radius 3 is 2.38 bits per heavy atom. The number of rotatable bonds is 3. The lowest BCUT2D eigenvalue weighted by Crippen LogP contribution is -2.17. The number of hydrogen-bond donors (Lipinski definition) is 2. The van der Waals surface area contributed by atoms with Gasteiger partial charge in [0.15, 0.2) is 0 Å². The van der Waals surface area contributed by atoms with Gasteiger partial charge in [-0.15, -0.1) is 11.3 Å². The highest BCUT2D eigenvalue weighted by atomic mass is 32.1. The zero-order valence-electron chi connectivity index (χ0n) is 13.7. The molecule has 3 aromatic carbocycles. The SMILES string of the molecule is CC(C)(O)c1ccccc1Nc1ccc2sc3ccccc3c2c1. The minimum atomic E-state index is -0.886. The molecule has 0 aliphatic rings. The van der Waals surface area contributed by atoms with Crippen molar-refractivity contribution in [1.29, 1.82) is 0 Å². The molecule has 2 N–H and O–H groups in total. The molecule has 0 aliphatic carbocycles. The minimum Gasteiger partial charge on any atom is -0.386 e. The third-order valence-corrected chi connectivity index (χ3v) is 5.39. The Kier molecular flexibility index (Phi) is 3.56. The number of benzene rings is 3. The van der Waals surface area contributed by atoms with Crippen molar-refractivity contribution in [2.24, 2.45) is 0 Å². The fraction of sp³-hybridized carbons (Fsp3) is 0.143. The summed E-state index contributed by atoms with van der Waals surface area (Å²) in [5.41, 5.74) is 1.97. The Morgan fingerprint density at radius 1 is 0.833 bits per heavy atom. The molecule has 3 heteroatoms. The lowest BCUT2D eigenvalue weighted by Gasteiger charge is -2.22. The van der Waals surface area contributed by atoms with Gasteiger partial charge in [0.05, 0.1) is 5.60 Å². The fourth-order valence-electron chi connectivity index (χ4n) is 3.08. The van der Waals surface area contributed by atoms with E-state index >= 15 is 0 Å². The van der Waals surface area contributed by atoms with Crippen molar-refractivity contribution in [3.8, 4) is 0 Å². The van der Waals surface area contributed by atoms with Gasteiger partial charge in [-0.3, -0.25) is 0 Å². The number of thiophene rings is 1. The van der Waals surface area contributed by atoms with Crippen LogP contribution in [0.15, 0.2) is 66.7 Å². The highest BCUT2D eigenvalue weighted by molar-refractivity contribution is 7.25. The molecule has 120 valence electrons. The lowest BCUT2D eigenvalue weighted by molar-refractivity contribution is 0.0794. The molecule has 0 spiro atoms. The molecule has 0 saturated heterocycles. The van der Waals surface area contributed by atoms with Crippen LogP contribution in [0.1, 0.15) is 19.4 Å². The van der Waals surface area contributed by atoms with Gasteiger partial charge in [-0.1, -0.05) is 36.4 Å². The van der Waals surface area contributed by atoms with Crippen molar-refractivity contribution >= 4 is 42.9 Å². The van der Waals surface area contributed by atoms with Crippen LogP contribution in [-0.4, -0.2) is 5.11 Å². The molecule has 0 atom stereocenters. The first-order valence-electron chi connectivity index (χ1n) is 8.02. The molecule has 0 radical (unpaired) electrons. The van der Waals surface area contributed by atoms with Gasteiger partial charge in [0.25, 0.3) is 0 Å². The Morgan fingerprint density at radius 2 is 1.54 bits per heavy atom. The molecule has 0 bridgehead atoms. The second-order valence-corrected chi connectivity index (χ2v) is 7.62. The second kappa shape index (κ2) is 5.62. The predicted octanol–water partition coefficient (Wildman–Crippen LogP) is 6.03. The summed E-state index contributed by atoms with van der Waals surface area (Å²) in [7, 11) is 0. The van der Waals surface area contributed by atoms with Crippen molar-refractivity contribution < 1.29 is 5.11 Å². The maximum atomic E-state index is 10.4. The number of nitrogens with one attached hydrogen (secondary N) is 1. The summed E-state index contributed by atoms with van der Waals surface area (Å²) in [6.45, 7) is 3.62. The van der Waals surface area contributed by atoms with E-state index in [2.05, 4.69) is 47.8 Å². The zero-order valence-corrected chi connectivity index (χ0v) is 14.5. The third kappa shape index (κ3) is 2.66. The molecule has 1 aromatic heterocycles. The van der Waals surface area contributed by atoms with Crippen LogP contribution in [-0.2, 0) is 5.60 Å². The largest absolute Gasteiger partial charge is 0.386 e. The number of anilines is 2. The van der Waals surface area contributed by atoms with Crippen molar-refractivity contribution in [3.63, 3.8) is 0 Å². The highest BCUT2D eigenvalue weighted by Gasteiger charge is 2.19. The van der Waals surface area contributed by atoms with Crippen LogP contribution in [0.5, 0.6) is 0 Å². The Hall–Kier alpha value is -2.36. The zero-order chi connectivity index (χ0) is 16.7. The van der Waals surface area contributed by atoms with E-state index in [1.54, 1.807) is 0 Å². The summed E-state index contributed by atoms with van der Waals surface area (Å²) in [5, 5.41) is 16.4. The van der Waals surface area contributed by atoms with Crippen LogP contribution >= 0.6 is 11.3 Å². The van der Waals surface area contributed by atoms with E-state index in [0.29, 0.717) is 0 Å². The normalized spacial score (nSPS) is 12.0. The smallest absolute Gasteiger partial charge is 0.0860 e. The van der Waals surface area contributed by atoms with E-state index in [1.807, 2.05) is 49.4 Å². The molecule has 0 amide bonds. The highest BCUT2D eigenvalue weighted by Crippen LogP contribution is 2.36. The van der Waals surface area contributed by atoms with Crippen LogP contribution in [0.25, 0.3) is 20.2 Å². The Balaban J connectivity index is 1.80. The summed E-state index contributed by atoms with van der Waals surface area (Å²) >= 11 is 1.82. The average Bonchev–Trinajstić information content (AvgIpc) is 2.92. The van der Waals surface area contributed by atoms with Crippen LogP contribution < -0.4 is 5.32 Å². The van der Waals surface area contributed by atoms with Crippen molar-refractivity contribution in [1.82, 2.24) is 0 Å². The molecule has 0 fully saturated rings. The van der Waals surface area contributed by atoms with E-state index in [0.717, 1.165) is 16.9 Å².